The number of nitrogens with one attached hydrogen (secondary N) is 2. The van der Waals surface area contributed by atoms with Crippen molar-refractivity contribution in [2.75, 3.05) is 46.0 Å². The normalized spacial score (nSPS) is 12.7. The molecule has 488 valence electrons. The topological polar surface area (TPSA) is 499 Å². The summed E-state index contributed by atoms with van der Waals surface area (Å²) in [5.74, 6) is -3.93. The summed E-state index contributed by atoms with van der Waals surface area (Å²) in [4.78, 5) is 29.1. The highest BCUT2D eigenvalue weighted by Crippen LogP contribution is 2.46. The van der Waals surface area contributed by atoms with Gasteiger partial charge in [-0.1, -0.05) is 11.6 Å². The Morgan fingerprint density at radius 2 is 1.13 bits per heavy atom. The molecule has 5 aromatic carbocycles. The number of anilines is 2. The van der Waals surface area contributed by atoms with Crippen molar-refractivity contribution in [1.82, 2.24) is 9.38 Å². The first-order valence-corrected chi connectivity index (χ1v) is 36.2. The number of azo groups is 4. The fourth-order valence-corrected chi connectivity index (χ4v) is 13.7. The van der Waals surface area contributed by atoms with Gasteiger partial charge in [0.2, 0.25) is 17.7 Å². The summed E-state index contributed by atoms with van der Waals surface area (Å²) in [6.07, 6.45) is -0.419. The smallest absolute Gasteiger partial charge is 0.296 e. The number of halogens is 1. The third-order valence-corrected chi connectivity index (χ3v) is 19.3. The number of thioether (sulfide) groups is 2. The SMILES string of the molecule is CC(=O)Nc1cc(N=Nc2cc(SCCCS(=O)(=O)O)c(N=Nc3cc(OCCCS(=O)(=O)O)c(N=Nc4c(C)c(C#N)c5nc6c(C)cc(S(=O)(=O)O)cc6n5c4O)cc3C)cc2NC(C)=O)c(SCCCS(=O)(=O)O)cc1N=Nc1ccc(Cl)c(S(=O)(=O)O)c1. The summed E-state index contributed by atoms with van der Waals surface area (Å²) in [5, 5.41) is 61.6. The van der Waals surface area contributed by atoms with Crippen LogP contribution >= 0.6 is 35.1 Å². The number of hydrogen-bond donors (Lipinski definition) is 8. The number of aromatic hydroxyl groups is 1. The summed E-state index contributed by atoms with van der Waals surface area (Å²) >= 11 is 7.99. The highest BCUT2D eigenvalue weighted by Gasteiger charge is 2.25. The number of nitriles is 1. The van der Waals surface area contributed by atoms with Gasteiger partial charge in [-0.25, -0.2) is 4.98 Å². The van der Waals surface area contributed by atoms with Gasteiger partial charge in [0, 0.05) is 35.3 Å². The van der Waals surface area contributed by atoms with Gasteiger partial charge in [-0.2, -0.15) is 57.6 Å². The van der Waals surface area contributed by atoms with Gasteiger partial charge >= 0.3 is 0 Å². The van der Waals surface area contributed by atoms with Gasteiger partial charge < -0.3 is 20.5 Å². The van der Waals surface area contributed by atoms with E-state index in [0.29, 0.717) is 5.56 Å². The van der Waals surface area contributed by atoms with Crippen LogP contribution < -0.4 is 15.4 Å². The molecule has 0 unspecified atom stereocenters. The van der Waals surface area contributed by atoms with Crippen LogP contribution in [0.4, 0.5) is 56.9 Å². The molecule has 2 amide bonds. The summed E-state index contributed by atoms with van der Waals surface area (Å²) in [6, 6.07) is 15.7. The van der Waals surface area contributed by atoms with E-state index >= 15 is 0 Å². The van der Waals surface area contributed by atoms with Gasteiger partial charge in [0.15, 0.2) is 11.3 Å². The molecule has 8 N–H and O–H groups in total. The molecule has 0 atom stereocenters. The zero-order chi connectivity index (χ0) is 67.8. The molecule has 7 rings (SSSR count). The van der Waals surface area contributed by atoms with Crippen LogP contribution in [-0.2, 0) is 60.2 Å². The van der Waals surface area contributed by atoms with E-state index < -0.39 is 95.3 Å². The predicted octanol–water partition coefficient (Wildman–Crippen LogP) is 12.1. The number of rotatable bonds is 27. The van der Waals surface area contributed by atoms with Crippen molar-refractivity contribution in [2.45, 2.75) is 73.5 Å². The lowest BCUT2D eigenvalue weighted by molar-refractivity contribution is -0.115. The van der Waals surface area contributed by atoms with E-state index in [4.69, 9.17) is 16.3 Å². The van der Waals surface area contributed by atoms with Gasteiger partial charge in [-0.3, -0.25) is 36.8 Å². The number of aryl methyl sites for hydroxylation is 2. The second kappa shape index (κ2) is 29.3. The second-order valence-electron chi connectivity index (χ2n) is 19.6. The molecule has 2 heterocycles. The fraction of sp³-hybridized carbons (Fsp3) is 0.269. The van der Waals surface area contributed by atoms with Crippen LogP contribution in [0.25, 0.3) is 16.7 Å². The molecule has 2 aromatic heterocycles. The van der Waals surface area contributed by atoms with Crippen molar-refractivity contribution >= 4 is 171 Å². The predicted molar refractivity (Wildman–Crippen MR) is 339 cm³/mol. The van der Waals surface area contributed by atoms with Crippen LogP contribution in [0.3, 0.4) is 0 Å². The van der Waals surface area contributed by atoms with Crippen molar-refractivity contribution in [3.63, 3.8) is 0 Å². The molecule has 92 heavy (non-hydrogen) atoms. The highest BCUT2D eigenvalue weighted by atomic mass is 35.5. The van der Waals surface area contributed by atoms with Crippen molar-refractivity contribution in [3.05, 3.63) is 94.0 Å². The van der Waals surface area contributed by atoms with E-state index in [1.165, 1.54) is 70.2 Å². The van der Waals surface area contributed by atoms with E-state index in [2.05, 4.69) is 56.5 Å². The molecular formula is C52H52ClN13O19S7. The minimum atomic E-state index is -4.80. The fourth-order valence-electron chi connectivity index (χ4n) is 8.32. The number of aromatic nitrogens is 2. The number of amides is 2. The van der Waals surface area contributed by atoms with E-state index in [9.17, 15) is 84.8 Å². The number of benzene rings is 5. The second-order valence-corrected chi connectivity index (χ2v) is 29.8. The monoisotopic (exact) mass is 1420 g/mol. The lowest BCUT2D eigenvalue weighted by Crippen LogP contribution is -2.08. The number of imidazole rings is 1. The Bertz CT molecular complexity index is 4910. The number of carbonyl (C=O) groups is 2. The molecule has 32 nitrogen and oxygen atoms in total. The first-order valence-electron chi connectivity index (χ1n) is 26.2. The number of ether oxygens (including phenoxy) is 1. The third kappa shape index (κ3) is 19.3. The van der Waals surface area contributed by atoms with E-state index in [1.807, 2.05) is 6.07 Å². The number of pyridine rings is 1. The van der Waals surface area contributed by atoms with Crippen LogP contribution in [0.1, 0.15) is 55.4 Å². The quantitative estimate of drug-likeness (QED) is 0.0103. The molecule has 7 aromatic rings. The Morgan fingerprint density at radius 3 is 1.64 bits per heavy atom. The Kier molecular flexibility index (Phi) is 22.8. The highest BCUT2D eigenvalue weighted by molar-refractivity contribution is 7.99. The van der Waals surface area contributed by atoms with Crippen molar-refractivity contribution in [2.24, 2.45) is 40.9 Å². The molecule has 0 bridgehead atoms. The lowest BCUT2D eigenvalue weighted by atomic mass is 10.1. The molecule has 0 aliphatic heterocycles. The molecule has 0 aliphatic rings. The Hall–Kier alpha value is -7.98. The minimum Gasteiger partial charge on any atom is -0.493 e. The van der Waals surface area contributed by atoms with Gasteiger partial charge in [0.1, 0.15) is 50.7 Å². The molecule has 0 radical (unpaired) electrons. The van der Waals surface area contributed by atoms with Crippen LogP contribution in [0.5, 0.6) is 11.6 Å². The molecule has 0 spiro atoms. The summed E-state index contributed by atoms with van der Waals surface area (Å²) in [5.41, 5.74) is 0.0971. The maximum absolute atomic E-state index is 12.8. The zero-order valence-corrected chi connectivity index (χ0v) is 54.8. The van der Waals surface area contributed by atoms with Crippen LogP contribution in [0, 0.1) is 32.1 Å². The van der Waals surface area contributed by atoms with Gasteiger partial charge in [0.25, 0.3) is 50.6 Å². The maximum Gasteiger partial charge on any atom is 0.296 e. The lowest BCUT2D eigenvalue weighted by Gasteiger charge is -2.13. The average molecular weight is 1420 g/mol. The number of fused-ring (bicyclic) bond motifs is 3. The van der Waals surface area contributed by atoms with Crippen LogP contribution in [0.15, 0.2) is 127 Å². The van der Waals surface area contributed by atoms with Crippen molar-refractivity contribution in [1.29, 1.82) is 5.26 Å². The zero-order valence-electron chi connectivity index (χ0n) is 48.4. The number of nitrogens with zero attached hydrogens (tertiary/aromatic N) is 11. The third-order valence-electron chi connectivity index (χ3n) is 12.4. The molecular weight excluding hydrogens is 1370 g/mol. The van der Waals surface area contributed by atoms with Gasteiger partial charge in [-0.15, -0.1) is 54.2 Å². The molecule has 0 fully saturated rings. The standard InChI is InChI=1S/C52H52ClN13O19S7/c1-27-18-41(62-65-50-29(3)34(26-54)51-57-49-28(2)17-33(91(79,80)81)20-44(49)66(51)52(50)69)45(85-11-6-14-88(70,71)72)23-36(27)59-63-42-22-38(56-31(5)68)40(25-47(42)87-13-8-16-90(76,77)78)61-64-43-21-37(55-30(4)67)39(24-46(43)86-12-7-15-89(73,74)75)60-58-32-9-10-35(53)48(19-32)92(82,83)84/h9-10,17-25,69H,6-8,11-16H2,1-5H3,(H,55,67)(H,56,68)(H,70,71,72)(H,73,74,75)(H,76,77,78)(H,79,80,81)(H,82,83,84). The molecule has 40 heteroatoms. The maximum atomic E-state index is 12.8. The van der Waals surface area contributed by atoms with E-state index in [1.54, 1.807) is 6.92 Å². The first kappa shape index (κ1) is 71.5. The van der Waals surface area contributed by atoms with Crippen molar-refractivity contribution in [3.8, 4) is 17.7 Å². The Morgan fingerprint density at radius 1 is 0.620 bits per heavy atom. The Labute approximate surface area is 538 Å². The van der Waals surface area contributed by atoms with Crippen LogP contribution in [0.2, 0.25) is 5.02 Å². The summed E-state index contributed by atoms with van der Waals surface area (Å²) in [6.45, 7) is 6.51. The van der Waals surface area contributed by atoms with E-state index in [-0.39, 0.29) is 148 Å². The average Bonchev–Trinajstić information content (AvgIpc) is 1.56. The molecule has 0 aliphatic carbocycles. The number of carbonyl (C=O) groups excluding carboxylic acids is 2. The Balaban J connectivity index is 1.34. The molecule has 0 saturated carbocycles. The summed E-state index contributed by atoms with van der Waals surface area (Å²) in [7, 11) is -22.8. The largest absolute Gasteiger partial charge is 0.493 e. The van der Waals surface area contributed by atoms with Crippen molar-refractivity contribution < 1.29 is 84.3 Å². The van der Waals surface area contributed by atoms with Gasteiger partial charge in [0.05, 0.1) is 67.6 Å². The molecule has 0 saturated heterocycles. The van der Waals surface area contributed by atoms with Gasteiger partial charge in [-0.05, 0) is 123 Å². The summed E-state index contributed by atoms with van der Waals surface area (Å²) < 4.78 is 173. The van der Waals surface area contributed by atoms with Crippen LogP contribution in [-0.4, -0.2) is 127 Å². The number of hydrogen-bond acceptors (Lipinski definition) is 26. The first-order chi connectivity index (χ1) is 42.9. The van der Waals surface area contributed by atoms with E-state index in [0.717, 1.165) is 52.2 Å². The minimum absolute atomic E-state index is 0.00208.